The van der Waals surface area contributed by atoms with Crippen LogP contribution in [0.1, 0.15) is 27.2 Å². The van der Waals surface area contributed by atoms with Gasteiger partial charge in [0, 0.05) is 34.6 Å². The van der Waals surface area contributed by atoms with Gasteiger partial charge in [-0.05, 0) is 42.5 Å². The molecule has 3 aromatic rings. The number of nitrogens with one attached hydrogen (secondary N) is 1. The summed E-state index contributed by atoms with van der Waals surface area (Å²) in [6.45, 7) is 7.46. The molecular formula is C23H27N3O4S. The summed E-state index contributed by atoms with van der Waals surface area (Å²) in [5.41, 5.74) is 3.87. The highest BCUT2D eigenvalue weighted by molar-refractivity contribution is 7.89. The molecule has 8 heteroatoms. The van der Waals surface area contributed by atoms with Crippen LogP contribution < -0.4 is 5.48 Å². The molecule has 164 valence electrons. The molecule has 0 radical (unpaired) electrons. The predicted octanol–water partition coefficient (Wildman–Crippen LogP) is 5.42. The molecule has 2 atom stereocenters. The van der Waals surface area contributed by atoms with Crippen molar-refractivity contribution >= 4 is 42.9 Å². The van der Waals surface area contributed by atoms with Gasteiger partial charge in [-0.3, -0.25) is 10.3 Å². The third-order valence-electron chi connectivity index (χ3n) is 5.85. The zero-order valence-electron chi connectivity index (χ0n) is 18.0. The number of rotatable bonds is 6. The molecule has 0 saturated carbocycles. The SMILES string of the molecule is CCONc1c2ccccc2c(N=O)c2cc(S(=O)(=O)N3CC(C)CC(C)C3)ccc12. The largest absolute Gasteiger partial charge is 0.276 e. The maximum Gasteiger partial charge on any atom is 0.243 e. The highest BCUT2D eigenvalue weighted by Crippen LogP contribution is 2.42. The van der Waals surface area contributed by atoms with E-state index in [-0.39, 0.29) is 10.6 Å². The van der Waals surface area contributed by atoms with Crippen LogP contribution in [0.15, 0.2) is 52.5 Å². The van der Waals surface area contributed by atoms with E-state index in [0.29, 0.717) is 53.4 Å². The fraction of sp³-hybridized carbons (Fsp3) is 0.391. The second-order valence-corrected chi connectivity index (χ2v) is 10.3. The van der Waals surface area contributed by atoms with E-state index in [1.165, 1.54) is 0 Å². The van der Waals surface area contributed by atoms with E-state index < -0.39 is 10.0 Å². The molecule has 0 spiro atoms. The first kappa shape index (κ1) is 21.7. The summed E-state index contributed by atoms with van der Waals surface area (Å²) < 4.78 is 28.4. The lowest BCUT2D eigenvalue weighted by molar-refractivity contribution is 0.211. The Hall–Kier alpha value is -2.55. The molecule has 0 bridgehead atoms. The van der Waals surface area contributed by atoms with Gasteiger partial charge in [-0.2, -0.15) is 4.31 Å². The van der Waals surface area contributed by atoms with Crippen molar-refractivity contribution in [3.8, 4) is 0 Å². The third kappa shape index (κ3) is 3.91. The van der Waals surface area contributed by atoms with Crippen LogP contribution in [0.3, 0.4) is 0 Å². The van der Waals surface area contributed by atoms with E-state index in [4.69, 9.17) is 4.84 Å². The first-order chi connectivity index (χ1) is 14.9. The summed E-state index contributed by atoms with van der Waals surface area (Å²) in [4.78, 5) is 17.5. The Morgan fingerprint density at radius 1 is 1.03 bits per heavy atom. The smallest absolute Gasteiger partial charge is 0.243 e. The van der Waals surface area contributed by atoms with Gasteiger partial charge in [0.25, 0.3) is 0 Å². The van der Waals surface area contributed by atoms with Crippen molar-refractivity contribution in [2.45, 2.75) is 32.1 Å². The zero-order valence-corrected chi connectivity index (χ0v) is 18.8. The number of anilines is 1. The average Bonchev–Trinajstić information content (AvgIpc) is 2.75. The predicted molar refractivity (Wildman–Crippen MR) is 124 cm³/mol. The maximum absolute atomic E-state index is 13.4. The molecule has 1 heterocycles. The van der Waals surface area contributed by atoms with Gasteiger partial charge in [0.1, 0.15) is 5.69 Å². The van der Waals surface area contributed by atoms with Gasteiger partial charge in [0.2, 0.25) is 10.0 Å². The molecule has 0 aliphatic carbocycles. The summed E-state index contributed by atoms with van der Waals surface area (Å²) in [7, 11) is -3.69. The molecule has 7 nitrogen and oxygen atoms in total. The standard InChI is InChI=1S/C23H27N3O4S/c1-4-30-25-23-19-8-6-5-7-18(19)22(24-27)21-12-17(9-10-20(21)23)31(28,29)26-13-15(2)11-16(3)14-26/h5-10,12,15-16,25H,4,11,13-14H2,1-3H3. The molecule has 4 rings (SSSR count). The lowest BCUT2D eigenvalue weighted by atomic mass is 9.94. The van der Waals surface area contributed by atoms with Crippen molar-refractivity contribution in [2.75, 3.05) is 25.2 Å². The first-order valence-corrected chi connectivity index (χ1v) is 12.0. The van der Waals surface area contributed by atoms with Crippen molar-refractivity contribution < 1.29 is 13.3 Å². The van der Waals surface area contributed by atoms with Crippen LogP contribution in [0.2, 0.25) is 0 Å². The van der Waals surface area contributed by atoms with E-state index in [2.05, 4.69) is 24.5 Å². The third-order valence-corrected chi connectivity index (χ3v) is 7.68. The molecular weight excluding hydrogens is 414 g/mol. The van der Waals surface area contributed by atoms with E-state index in [0.717, 1.165) is 11.8 Å². The molecule has 1 aliphatic heterocycles. The number of nitrogens with zero attached hydrogens (tertiary/aromatic N) is 2. The van der Waals surface area contributed by atoms with Crippen molar-refractivity contribution in [3.05, 3.63) is 47.4 Å². The van der Waals surface area contributed by atoms with Gasteiger partial charge in [-0.1, -0.05) is 44.2 Å². The fourth-order valence-electron chi connectivity index (χ4n) is 4.60. The second-order valence-electron chi connectivity index (χ2n) is 8.37. The fourth-order valence-corrected chi connectivity index (χ4v) is 6.31. The highest BCUT2D eigenvalue weighted by Gasteiger charge is 2.32. The van der Waals surface area contributed by atoms with Gasteiger partial charge in [-0.15, -0.1) is 4.91 Å². The number of benzene rings is 3. The molecule has 0 aromatic heterocycles. The van der Waals surface area contributed by atoms with E-state index >= 15 is 0 Å². The van der Waals surface area contributed by atoms with Crippen LogP contribution in [0.25, 0.3) is 21.5 Å². The van der Waals surface area contributed by atoms with Crippen molar-refractivity contribution in [2.24, 2.45) is 17.0 Å². The van der Waals surface area contributed by atoms with Gasteiger partial charge in [0.05, 0.1) is 17.2 Å². The van der Waals surface area contributed by atoms with Crippen LogP contribution in [-0.2, 0) is 14.9 Å². The van der Waals surface area contributed by atoms with Crippen LogP contribution in [0, 0.1) is 16.7 Å². The monoisotopic (exact) mass is 441 g/mol. The number of nitroso groups, excluding NO2 is 1. The molecule has 2 unspecified atom stereocenters. The van der Waals surface area contributed by atoms with Crippen LogP contribution in [0.5, 0.6) is 0 Å². The zero-order chi connectivity index (χ0) is 22.2. The minimum atomic E-state index is -3.69. The van der Waals surface area contributed by atoms with Gasteiger partial charge in [0.15, 0.2) is 0 Å². The number of hydrogen-bond donors (Lipinski definition) is 1. The van der Waals surface area contributed by atoms with Gasteiger partial charge < -0.3 is 0 Å². The van der Waals surface area contributed by atoms with Crippen LogP contribution in [0.4, 0.5) is 11.4 Å². The van der Waals surface area contributed by atoms with Crippen molar-refractivity contribution in [1.82, 2.24) is 4.31 Å². The summed E-state index contributed by atoms with van der Waals surface area (Å²) in [5.74, 6) is 0.606. The maximum atomic E-state index is 13.4. The quantitative estimate of drug-likeness (QED) is 0.313. The Kier molecular flexibility index (Phi) is 5.96. The average molecular weight is 442 g/mol. The van der Waals surface area contributed by atoms with Crippen molar-refractivity contribution in [1.29, 1.82) is 0 Å². The normalized spacial score (nSPS) is 20.2. The van der Waals surface area contributed by atoms with Crippen molar-refractivity contribution in [3.63, 3.8) is 0 Å². The Balaban J connectivity index is 1.92. The van der Waals surface area contributed by atoms with Crippen LogP contribution in [-0.4, -0.2) is 32.4 Å². The Morgan fingerprint density at radius 2 is 1.68 bits per heavy atom. The molecule has 1 aliphatic rings. The number of hydrogen-bond acceptors (Lipinski definition) is 6. The molecule has 3 aromatic carbocycles. The molecule has 0 amide bonds. The lowest BCUT2D eigenvalue weighted by Crippen LogP contribution is -2.42. The first-order valence-electron chi connectivity index (χ1n) is 10.6. The van der Waals surface area contributed by atoms with E-state index in [1.54, 1.807) is 28.6 Å². The Morgan fingerprint density at radius 3 is 2.32 bits per heavy atom. The molecule has 1 N–H and O–H groups in total. The van der Waals surface area contributed by atoms with Gasteiger partial charge >= 0.3 is 0 Å². The van der Waals surface area contributed by atoms with Crippen LogP contribution >= 0.6 is 0 Å². The highest BCUT2D eigenvalue weighted by atomic mass is 32.2. The number of fused-ring (bicyclic) bond motifs is 2. The summed E-state index contributed by atoms with van der Waals surface area (Å²) in [5, 5.41) is 5.87. The second kappa shape index (κ2) is 8.53. The Labute approximate surface area is 182 Å². The van der Waals surface area contributed by atoms with E-state index in [1.807, 2.05) is 25.1 Å². The summed E-state index contributed by atoms with van der Waals surface area (Å²) in [6.07, 6.45) is 1.02. The number of piperidine rings is 1. The lowest BCUT2D eigenvalue weighted by Gasteiger charge is -2.34. The molecule has 1 saturated heterocycles. The van der Waals surface area contributed by atoms with Gasteiger partial charge in [-0.25, -0.2) is 8.42 Å². The molecule has 1 fully saturated rings. The minimum absolute atomic E-state index is 0.170. The minimum Gasteiger partial charge on any atom is -0.276 e. The van der Waals surface area contributed by atoms with E-state index in [9.17, 15) is 13.3 Å². The summed E-state index contributed by atoms with van der Waals surface area (Å²) in [6, 6.07) is 12.3. The number of sulfonamides is 1. The molecule has 31 heavy (non-hydrogen) atoms. The topological polar surface area (TPSA) is 88.1 Å². The Bertz CT molecular complexity index is 1230. The summed E-state index contributed by atoms with van der Waals surface area (Å²) >= 11 is 0.